The number of carbonyl (C=O) groups excluding carboxylic acids is 1. The summed E-state index contributed by atoms with van der Waals surface area (Å²) >= 11 is 6.15. The summed E-state index contributed by atoms with van der Waals surface area (Å²) in [6, 6.07) is 12.5. The van der Waals surface area contributed by atoms with E-state index in [2.05, 4.69) is 18.7 Å². The van der Waals surface area contributed by atoms with Gasteiger partial charge >= 0.3 is 0 Å². The molecular weight excluding hydrogens is 363 g/mol. The number of rotatable bonds is 3. The zero-order valence-corrected chi connectivity index (χ0v) is 16.5. The van der Waals surface area contributed by atoms with Crippen LogP contribution in [0.15, 0.2) is 42.5 Å². The Kier molecular flexibility index (Phi) is 4.63. The average Bonchev–Trinajstić information content (AvgIpc) is 3.36. The molecule has 1 aliphatic heterocycles. The van der Waals surface area contributed by atoms with Gasteiger partial charge in [-0.25, -0.2) is 4.39 Å². The van der Waals surface area contributed by atoms with Crippen molar-refractivity contribution in [1.29, 1.82) is 0 Å². The van der Waals surface area contributed by atoms with E-state index in [1.165, 1.54) is 17.7 Å². The number of hydrogen-bond donors (Lipinski definition) is 0. The molecule has 3 nitrogen and oxygen atoms in total. The van der Waals surface area contributed by atoms with Crippen LogP contribution in [0.5, 0.6) is 0 Å². The summed E-state index contributed by atoms with van der Waals surface area (Å²) in [4.78, 5) is 17.3. The molecule has 1 saturated carbocycles. The van der Waals surface area contributed by atoms with Crippen molar-refractivity contribution in [2.45, 2.75) is 25.7 Å². The number of carbonyl (C=O) groups is 1. The van der Waals surface area contributed by atoms with Crippen molar-refractivity contribution in [3.8, 4) is 0 Å². The summed E-state index contributed by atoms with van der Waals surface area (Å²) in [6.45, 7) is 7.26. The summed E-state index contributed by atoms with van der Waals surface area (Å²) < 4.78 is 13.2. The average molecular weight is 387 g/mol. The molecule has 2 aromatic carbocycles. The van der Waals surface area contributed by atoms with E-state index in [-0.39, 0.29) is 23.1 Å². The Labute approximate surface area is 164 Å². The van der Waals surface area contributed by atoms with Crippen LogP contribution in [-0.2, 0) is 10.2 Å². The van der Waals surface area contributed by atoms with Crippen LogP contribution >= 0.6 is 11.6 Å². The third kappa shape index (κ3) is 3.43. The first kappa shape index (κ1) is 18.3. The maximum absolute atomic E-state index is 13.2. The molecule has 0 N–H and O–H groups in total. The van der Waals surface area contributed by atoms with Crippen LogP contribution < -0.4 is 4.90 Å². The van der Waals surface area contributed by atoms with Gasteiger partial charge < -0.3 is 9.80 Å². The zero-order valence-electron chi connectivity index (χ0n) is 15.7. The molecule has 0 bridgehead atoms. The quantitative estimate of drug-likeness (QED) is 0.779. The van der Waals surface area contributed by atoms with Gasteiger partial charge in [-0.05, 0) is 48.7 Å². The van der Waals surface area contributed by atoms with E-state index in [9.17, 15) is 9.18 Å². The molecule has 4 rings (SSSR count). The Morgan fingerprint density at radius 2 is 1.78 bits per heavy atom. The lowest BCUT2D eigenvalue weighted by Crippen LogP contribution is -2.49. The highest BCUT2D eigenvalue weighted by molar-refractivity contribution is 6.30. The molecular formula is C22H24ClFN2O. The minimum absolute atomic E-state index is 0.00224. The van der Waals surface area contributed by atoms with Crippen LogP contribution in [-0.4, -0.2) is 37.0 Å². The molecule has 1 aliphatic carbocycles. The molecule has 0 aromatic heterocycles. The van der Waals surface area contributed by atoms with Crippen molar-refractivity contribution >= 4 is 23.2 Å². The third-order valence-corrected chi connectivity index (χ3v) is 6.38. The van der Waals surface area contributed by atoms with Crippen LogP contribution in [0.3, 0.4) is 0 Å². The predicted octanol–water partition coefficient (Wildman–Crippen LogP) is 4.41. The molecule has 2 aliphatic rings. The van der Waals surface area contributed by atoms with E-state index >= 15 is 0 Å². The molecule has 142 valence electrons. The SMILES string of the molecule is Cc1ccc(Cl)cc1N1CCN(C(=O)[C@H]2C[C@@]2(C)c2ccc(F)cc2)CC1. The smallest absolute Gasteiger partial charge is 0.226 e. The summed E-state index contributed by atoms with van der Waals surface area (Å²) in [5.74, 6) is -0.00925. The molecule has 0 spiro atoms. The Balaban J connectivity index is 1.39. The molecule has 2 atom stereocenters. The number of hydrogen-bond acceptors (Lipinski definition) is 2. The maximum atomic E-state index is 13.2. The van der Waals surface area contributed by atoms with E-state index in [1.807, 2.05) is 35.2 Å². The first-order valence-electron chi connectivity index (χ1n) is 9.44. The van der Waals surface area contributed by atoms with Gasteiger partial charge in [0.05, 0.1) is 0 Å². The molecule has 1 saturated heterocycles. The Morgan fingerprint density at radius 3 is 2.44 bits per heavy atom. The van der Waals surface area contributed by atoms with Gasteiger partial charge in [0.25, 0.3) is 0 Å². The van der Waals surface area contributed by atoms with Gasteiger partial charge in [0.15, 0.2) is 0 Å². The fraction of sp³-hybridized carbons (Fsp3) is 0.409. The minimum atomic E-state index is -0.238. The Bertz CT molecular complexity index is 861. The first-order chi connectivity index (χ1) is 12.9. The van der Waals surface area contributed by atoms with Gasteiger partial charge in [-0.1, -0.05) is 36.7 Å². The molecule has 2 fully saturated rings. The van der Waals surface area contributed by atoms with E-state index in [1.54, 1.807) is 0 Å². The van der Waals surface area contributed by atoms with E-state index < -0.39 is 0 Å². The lowest BCUT2D eigenvalue weighted by molar-refractivity contribution is -0.133. The standard InChI is InChI=1S/C22H24ClFN2O/c1-15-3-6-17(23)13-20(15)25-9-11-26(12-10-25)21(27)19-14-22(19,2)16-4-7-18(24)8-5-16/h3-8,13,19H,9-12,14H2,1-2H3/t19-,22+/m1/s1. The van der Waals surface area contributed by atoms with Crippen molar-refractivity contribution in [3.05, 3.63) is 64.4 Å². The second kappa shape index (κ2) is 6.83. The molecule has 5 heteroatoms. The second-order valence-corrected chi connectivity index (χ2v) is 8.36. The molecule has 2 aromatic rings. The van der Waals surface area contributed by atoms with Gasteiger partial charge in [-0.2, -0.15) is 0 Å². The molecule has 1 amide bonds. The molecule has 27 heavy (non-hydrogen) atoms. The fourth-order valence-electron chi connectivity index (χ4n) is 4.19. The number of nitrogens with zero attached hydrogens (tertiary/aromatic N) is 2. The number of aryl methyl sites for hydroxylation is 1. The number of anilines is 1. The molecule has 0 radical (unpaired) electrons. The van der Waals surface area contributed by atoms with Gasteiger partial charge in [-0.3, -0.25) is 4.79 Å². The van der Waals surface area contributed by atoms with Gasteiger partial charge in [0.1, 0.15) is 5.82 Å². The highest BCUT2D eigenvalue weighted by Gasteiger charge is 2.56. The van der Waals surface area contributed by atoms with Crippen molar-refractivity contribution in [3.63, 3.8) is 0 Å². The number of piperazine rings is 1. The Hall–Kier alpha value is -2.07. The van der Waals surface area contributed by atoms with Gasteiger partial charge in [0.2, 0.25) is 5.91 Å². The van der Waals surface area contributed by atoms with E-state index in [0.29, 0.717) is 0 Å². The normalized spacial score (nSPS) is 24.8. The second-order valence-electron chi connectivity index (χ2n) is 7.92. The summed E-state index contributed by atoms with van der Waals surface area (Å²) in [5.41, 5.74) is 3.24. The van der Waals surface area contributed by atoms with Crippen molar-refractivity contribution in [1.82, 2.24) is 4.90 Å². The van der Waals surface area contributed by atoms with Gasteiger partial charge in [-0.15, -0.1) is 0 Å². The van der Waals surface area contributed by atoms with Crippen molar-refractivity contribution in [2.75, 3.05) is 31.1 Å². The zero-order chi connectivity index (χ0) is 19.2. The van der Waals surface area contributed by atoms with E-state index in [0.717, 1.165) is 48.9 Å². The Morgan fingerprint density at radius 1 is 1.11 bits per heavy atom. The van der Waals surface area contributed by atoms with Crippen LogP contribution in [0.4, 0.5) is 10.1 Å². The van der Waals surface area contributed by atoms with Crippen LogP contribution in [0.2, 0.25) is 5.02 Å². The summed E-state index contributed by atoms with van der Waals surface area (Å²) in [7, 11) is 0. The number of amides is 1. The number of halogens is 2. The number of benzene rings is 2. The van der Waals surface area contributed by atoms with Crippen LogP contribution in [0.25, 0.3) is 0 Å². The van der Waals surface area contributed by atoms with Crippen LogP contribution in [0.1, 0.15) is 24.5 Å². The minimum Gasteiger partial charge on any atom is -0.368 e. The van der Waals surface area contributed by atoms with Crippen molar-refractivity contribution in [2.24, 2.45) is 5.92 Å². The van der Waals surface area contributed by atoms with Crippen LogP contribution in [0, 0.1) is 18.7 Å². The molecule has 1 heterocycles. The lowest BCUT2D eigenvalue weighted by Gasteiger charge is -2.37. The first-order valence-corrected chi connectivity index (χ1v) is 9.82. The molecule has 0 unspecified atom stereocenters. The highest BCUT2D eigenvalue weighted by Crippen LogP contribution is 2.54. The topological polar surface area (TPSA) is 23.6 Å². The van der Waals surface area contributed by atoms with E-state index in [4.69, 9.17) is 11.6 Å². The largest absolute Gasteiger partial charge is 0.368 e. The fourth-order valence-corrected chi connectivity index (χ4v) is 4.35. The third-order valence-electron chi connectivity index (χ3n) is 6.14. The summed E-state index contributed by atoms with van der Waals surface area (Å²) in [6.07, 6.45) is 0.838. The van der Waals surface area contributed by atoms with Gasteiger partial charge in [0, 0.05) is 48.2 Å². The summed E-state index contributed by atoms with van der Waals surface area (Å²) in [5, 5.41) is 0.738. The lowest BCUT2D eigenvalue weighted by atomic mass is 9.95. The monoisotopic (exact) mass is 386 g/mol. The maximum Gasteiger partial charge on any atom is 0.226 e. The highest BCUT2D eigenvalue weighted by atomic mass is 35.5. The predicted molar refractivity (Wildman–Crippen MR) is 107 cm³/mol. The van der Waals surface area contributed by atoms with Crippen molar-refractivity contribution < 1.29 is 9.18 Å².